The van der Waals surface area contributed by atoms with Crippen molar-refractivity contribution in [2.45, 2.75) is 19.8 Å². The molecule has 7 heteroatoms. The zero-order valence-electron chi connectivity index (χ0n) is 17.1. The van der Waals surface area contributed by atoms with Crippen molar-refractivity contribution < 1.29 is 24.2 Å². The molecule has 0 aliphatic carbocycles. The lowest BCUT2D eigenvalue weighted by molar-refractivity contribution is -0.305. The normalized spacial score (nSPS) is 10.5. The maximum atomic E-state index is 13.0. The van der Waals surface area contributed by atoms with Gasteiger partial charge in [0.15, 0.2) is 11.5 Å². The summed E-state index contributed by atoms with van der Waals surface area (Å²) in [6, 6.07) is 16.4. The maximum absolute atomic E-state index is 13.0. The van der Waals surface area contributed by atoms with E-state index in [1.54, 1.807) is 28.9 Å². The first-order valence-corrected chi connectivity index (χ1v) is 9.44. The Kier molecular flexibility index (Phi) is 6.41. The van der Waals surface area contributed by atoms with E-state index in [2.05, 4.69) is 5.43 Å². The molecule has 30 heavy (non-hydrogen) atoms. The van der Waals surface area contributed by atoms with Gasteiger partial charge in [-0.15, -0.1) is 0 Å². The van der Waals surface area contributed by atoms with Gasteiger partial charge in [-0.3, -0.25) is 14.9 Å². The fourth-order valence-corrected chi connectivity index (χ4v) is 3.13. The molecule has 0 aliphatic heterocycles. The average molecular weight is 407 g/mol. The van der Waals surface area contributed by atoms with E-state index in [1.807, 2.05) is 37.3 Å². The van der Waals surface area contributed by atoms with E-state index in [0.29, 0.717) is 22.8 Å². The summed E-state index contributed by atoms with van der Waals surface area (Å²) in [5, 5.41) is 10.9. The molecule has 3 rings (SSSR count). The van der Waals surface area contributed by atoms with Crippen LogP contribution in [0.5, 0.6) is 11.5 Å². The second kappa shape index (κ2) is 9.17. The highest BCUT2D eigenvalue weighted by atomic mass is 16.5. The number of methoxy groups -OCH3 is 2. The summed E-state index contributed by atoms with van der Waals surface area (Å²) in [6.07, 6.45) is 0.0734. The summed E-state index contributed by atoms with van der Waals surface area (Å²) in [5.41, 5.74) is 6.66. The lowest BCUT2D eigenvalue weighted by Crippen LogP contribution is -2.27. The van der Waals surface area contributed by atoms with E-state index in [0.717, 1.165) is 16.8 Å². The monoisotopic (exact) mass is 407 g/mol. The van der Waals surface area contributed by atoms with Gasteiger partial charge in [0.1, 0.15) is 0 Å². The molecule has 0 fully saturated rings. The highest BCUT2D eigenvalue weighted by Gasteiger charge is 2.16. The fourth-order valence-electron chi connectivity index (χ4n) is 3.13. The van der Waals surface area contributed by atoms with Gasteiger partial charge in [-0.2, -0.15) is 0 Å². The van der Waals surface area contributed by atoms with Gasteiger partial charge in [-0.1, -0.05) is 29.8 Å². The van der Waals surface area contributed by atoms with Crippen LogP contribution < -0.4 is 20.0 Å². The molecule has 1 amide bonds. The Morgan fingerprint density at radius 3 is 2.30 bits per heavy atom. The third-order valence-electron chi connectivity index (χ3n) is 4.75. The molecule has 0 spiro atoms. The summed E-state index contributed by atoms with van der Waals surface area (Å²) in [5.74, 6) is -0.556. The molecule has 0 atom stereocenters. The molecule has 7 nitrogen and oxygen atoms in total. The molecular weight excluding hydrogens is 384 g/mol. The summed E-state index contributed by atoms with van der Waals surface area (Å²) in [7, 11) is 3.02. The standard InChI is InChI=1S/C23H24N2O5/c1-15-4-6-16(7-5-15)19-11-9-18(10-13-22(26)27)25(19)24-23(28)17-8-12-20(29-2)21(14-17)30-3/h4-9,11-12,14H,10,13H2,1-3H3,(H,24,28)(H,26,27)/p-1. The molecule has 0 saturated carbocycles. The molecule has 156 valence electrons. The Bertz CT molecular complexity index is 1050. The number of carboxylic acids is 1. The number of amides is 1. The van der Waals surface area contributed by atoms with Gasteiger partial charge >= 0.3 is 0 Å². The smallest absolute Gasteiger partial charge is 0.270 e. The van der Waals surface area contributed by atoms with Crippen LogP contribution in [0.4, 0.5) is 0 Å². The molecule has 0 saturated heterocycles. The topological polar surface area (TPSA) is 92.6 Å². The number of carbonyl (C=O) groups excluding carboxylic acids is 2. The number of nitrogens with one attached hydrogen (secondary N) is 1. The van der Waals surface area contributed by atoms with Crippen molar-refractivity contribution in [3.8, 4) is 22.8 Å². The van der Waals surface area contributed by atoms with Crippen molar-refractivity contribution in [3.05, 3.63) is 71.4 Å². The first-order valence-electron chi connectivity index (χ1n) is 9.44. The van der Waals surface area contributed by atoms with Crippen LogP contribution in [0.15, 0.2) is 54.6 Å². The molecule has 1 N–H and O–H groups in total. The SMILES string of the molecule is COc1ccc(C(=O)Nn2c(CCC(=O)[O-])ccc2-c2ccc(C)cc2)cc1OC. The van der Waals surface area contributed by atoms with Crippen molar-refractivity contribution in [1.82, 2.24) is 4.68 Å². The average Bonchev–Trinajstić information content (AvgIpc) is 3.14. The summed E-state index contributed by atoms with van der Waals surface area (Å²) in [6.45, 7) is 1.99. The second-order valence-electron chi connectivity index (χ2n) is 6.79. The summed E-state index contributed by atoms with van der Waals surface area (Å²) < 4.78 is 12.1. The van der Waals surface area contributed by atoms with Crippen LogP contribution >= 0.6 is 0 Å². The van der Waals surface area contributed by atoms with Crippen LogP contribution in [-0.2, 0) is 11.2 Å². The molecule has 3 aromatic rings. The number of carbonyl (C=O) groups is 2. The van der Waals surface area contributed by atoms with Crippen LogP contribution in [0, 0.1) is 6.92 Å². The number of nitrogens with zero attached hydrogens (tertiary/aromatic N) is 1. The van der Waals surface area contributed by atoms with Gasteiger partial charge < -0.3 is 19.4 Å². The number of carboxylic acid groups (broad SMARTS) is 1. The molecule has 1 heterocycles. The van der Waals surface area contributed by atoms with Gasteiger partial charge in [0.05, 0.1) is 19.9 Å². The van der Waals surface area contributed by atoms with E-state index in [-0.39, 0.29) is 18.7 Å². The molecule has 0 radical (unpaired) electrons. The van der Waals surface area contributed by atoms with Crippen molar-refractivity contribution in [1.29, 1.82) is 0 Å². The van der Waals surface area contributed by atoms with Crippen molar-refractivity contribution in [2.24, 2.45) is 0 Å². The highest BCUT2D eigenvalue weighted by Crippen LogP contribution is 2.28. The van der Waals surface area contributed by atoms with Gasteiger partial charge in [-0.25, -0.2) is 0 Å². The number of aryl methyl sites for hydroxylation is 2. The number of aliphatic carboxylic acids is 1. The number of benzene rings is 2. The molecular formula is C23H23N2O5-. The van der Waals surface area contributed by atoms with Crippen LogP contribution in [0.1, 0.15) is 28.0 Å². The maximum Gasteiger partial charge on any atom is 0.270 e. The zero-order chi connectivity index (χ0) is 21.7. The largest absolute Gasteiger partial charge is 0.550 e. The quantitative estimate of drug-likeness (QED) is 0.620. The molecule has 0 bridgehead atoms. The van der Waals surface area contributed by atoms with E-state index in [9.17, 15) is 14.7 Å². The molecule has 0 unspecified atom stereocenters. The lowest BCUT2D eigenvalue weighted by atomic mass is 10.1. The van der Waals surface area contributed by atoms with Crippen molar-refractivity contribution >= 4 is 11.9 Å². The van der Waals surface area contributed by atoms with Gasteiger partial charge in [-0.05, 0) is 50.1 Å². The van der Waals surface area contributed by atoms with Crippen LogP contribution in [0.25, 0.3) is 11.3 Å². The number of hydrogen-bond acceptors (Lipinski definition) is 5. The van der Waals surface area contributed by atoms with Crippen LogP contribution in [0.3, 0.4) is 0 Å². The van der Waals surface area contributed by atoms with E-state index in [4.69, 9.17) is 9.47 Å². The zero-order valence-corrected chi connectivity index (χ0v) is 17.1. The Morgan fingerprint density at radius 2 is 1.67 bits per heavy atom. The van der Waals surface area contributed by atoms with E-state index in [1.165, 1.54) is 14.2 Å². The minimum absolute atomic E-state index is 0.149. The third kappa shape index (κ3) is 4.63. The van der Waals surface area contributed by atoms with Gasteiger partial charge in [0.25, 0.3) is 5.91 Å². The number of aromatic nitrogens is 1. The molecule has 1 aromatic heterocycles. The van der Waals surface area contributed by atoms with Crippen molar-refractivity contribution in [2.75, 3.05) is 19.6 Å². The Morgan fingerprint density at radius 1 is 0.967 bits per heavy atom. The number of rotatable bonds is 8. The first-order chi connectivity index (χ1) is 14.4. The van der Waals surface area contributed by atoms with Gasteiger partial charge in [0, 0.05) is 22.8 Å². The minimum atomic E-state index is -1.15. The van der Waals surface area contributed by atoms with E-state index < -0.39 is 5.97 Å². The third-order valence-corrected chi connectivity index (χ3v) is 4.75. The molecule has 0 aliphatic rings. The Hall–Kier alpha value is -3.74. The van der Waals surface area contributed by atoms with Crippen LogP contribution in [-0.4, -0.2) is 30.8 Å². The molecule has 2 aromatic carbocycles. The minimum Gasteiger partial charge on any atom is -0.550 e. The first kappa shape index (κ1) is 21.0. The Labute approximate surface area is 174 Å². The number of hydrogen-bond donors (Lipinski definition) is 1. The predicted molar refractivity (Wildman–Crippen MR) is 111 cm³/mol. The lowest BCUT2D eigenvalue weighted by Gasteiger charge is -2.16. The van der Waals surface area contributed by atoms with Crippen LogP contribution in [0.2, 0.25) is 0 Å². The predicted octanol–water partition coefficient (Wildman–Crippen LogP) is 2.55. The van der Waals surface area contributed by atoms with Crippen molar-refractivity contribution in [3.63, 3.8) is 0 Å². The highest BCUT2D eigenvalue weighted by molar-refractivity contribution is 6.01. The van der Waals surface area contributed by atoms with Gasteiger partial charge in [0.2, 0.25) is 0 Å². The fraction of sp³-hybridized carbons (Fsp3) is 0.217. The van der Waals surface area contributed by atoms with E-state index >= 15 is 0 Å². The number of ether oxygens (including phenoxy) is 2. The summed E-state index contributed by atoms with van der Waals surface area (Å²) >= 11 is 0. The summed E-state index contributed by atoms with van der Waals surface area (Å²) in [4.78, 5) is 23.9. The second-order valence-corrected chi connectivity index (χ2v) is 6.79. The Balaban J connectivity index is 1.96.